The fourth-order valence-electron chi connectivity index (χ4n) is 1.88. The number of carbonyl (C=O) groups is 1. The molecule has 0 spiro atoms. The zero-order chi connectivity index (χ0) is 16.1. The molecule has 0 aliphatic heterocycles. The highest BCUT2D eigenvalue weighted by atomic mass is 16.3. The molecular formula is C16H22N4O2. The molecule has 0 aliphatic carbocycles. The molecule has 1 unspecified atom stereocenters. The molecule has 0 aliphatic rings. The maximum absolute atomic E-state index is 11.9. The number of aryl methyl sites for hydroxylation is 1. The Labute approximate surface area is 130 Å². The van der Waals surface area contributed by atoms with Crippen LogP contribution in [0.15, 0.2) is 36.5 Å². The van der Waals surface area contributed by atoms with E-state index in [4.69, 9.17) is 0 Å². The van der Waals surface area contributed by atoms with E-state index in [0.717, 1.165) is 11.3 Å². The zero-order valence-corrected chi connectivity index (χ0v) is 13.1. The van der Waals surface area contributed by atoms with Crippen LogP contribution in [-0.2, 0) is 0 Å². The summed E-state index contributed by atoms with van der Waals surface area (Å²) < 4.78 is 1.72. The second-order valence-electron chi connectivity index (χ2n) is 5.59. The average Bonchev–Trinajstić information content (AvgIpc) is 2.86. The number of aliphatic hydroxyl groups excluding tert-OH is 1. The first-order valence-corrected chi connectivity index (χ1v) is 7.32. The fraction of sp³-hybridized carbons (Fsp3) is 0.375. The van der Waals surface area contributed by atoms with E-state index >= 15 is 0 Å². The number of amides is 2. The molecule has 3 N–H and O–H groups in total. The van der Waals surface area contributed by atoms with E-state index in [0.29, 0.717) is 5.82 Å². The Morgan fingerprint density at radius 3 is 2.64 bits per heavy atom. The predicted molar refractivity (Wildman–Crippen MR) is 86.2 cm³/mol. The van der Waals surface area contributed by atoms with Crippen LogP contribution in [0.3, 0.4) is 0 Å². The third-order valence-electron chi connectivity index (χ3n) is 3.39. The van der Waals surface area contributed by atoms with E-state index in [1.807, 2.05) is 57.3 Å². The summed E-state index contributed by atoms with van der Waals surface area (Å²) in [6.45, 7) is 5.89. The Morgan fingerprint density at radius 1 is 1.32 bits per heavy atom. The highest BCUT2D eigenvalue weighted by Gasteiger charge is 2.13. The number of carbonyl (C=O) groups excluding carboxylic acids is 1. The lowest BCUT2D eigenvalue weighted by Crippen LogP contribution is -2.37. The molecule has 118 valence electrons. The first kappa shape index (κ1) is 16.0. The van der Waals surface area contributed by atoms with Gasteiger partial charge in [-0.3, -0.25) is 5.32 Å². The fourth-order valence-corrected chi connectivity index (χ4v) is 1.88. The molecule has 22 heavy (non-hydrogen) atoms. The van der Waals surface area contributed by atoms with E-state index in [1.54, 1.807) is 4.68 Å². The number of hydrogen-bond acceptors (Lipinski definition) is 3. The molecule has 2 rings (SSSR count). The van der Waals surface area contributed by atoms with Crippen molar-refractivity contribution in [3.8, 4) is 5.69 Å². The number of nitrogens with one attached hydrogen (secondary N) is 2. The van der Waals surface area contributed by atoms with Gasteiger partial charge in [0.05, 0.1) is 11.8 Å². The van der Waals surface area contributed by atoms with Crippen molar-refractivity contribution >= 4 is 11.8 Å². The summed E-state index contributed by atoms with van der Waals surface area (Å²) in [4.78, 5) is 11.9. The molecule has 1 aromatic carbocycles. The van der Waals surface area contributed by atoms with E-state index < -0.39 is 6.10 Å². The summed E-state index contributed by atoms with van der Waals surface area (Å²) in [5.41, 5.74) is 1.79. The first-order valence-electron chi connectivity index (χ1n) is 7.32. The normalized spacial score (nSPS) is 12.2. The summed E-state index contributed by atoms with van der Waals surface area (Å²) in [5, 5.41) is 19.4. The maximum atomic E-state index is 11.9. The van der Waals surface area contributed by atoms with Crippen LogP contribution < -0.4 is 10.6 Å². The minimum absolute atomic E-state index is 0.0966. The summed E-state index contributed by atoms with van der Waals surface area (Å²) in [6, 6.07) is 9.30. The van der Waals surface area contributed by atoms with Gasteiger partial charge in [0.25, 0.3) is 0 Å². The predicted octanol–water partition coefficient (Wildman–Crippen LogP) is 2.32. The van der Waals surface area contributed by atoms with Gasteiger partial charge in [-0.05, 0) is 25.0 Å². The molecule has 1 heterocycles. The number of urea groups is 1. The van der Waals surface area contributed by atoms with Crippen molar-refractivity contribution in [2.75, 3.05) is 11.9 Å². The summed E-state index contributed by atoms with van der Waals surface area (Å²) in [7, 11) is 0. The molecule has 0 bridgehead atoms. The molecule has 0 fully saturated rings. The quantitative estimate of drug-likeness (QED) is 0.793. The first-order chi connectivity index (χ1) is 10.5. The Morgan fingerprint density at radius 2 is 2.00 bits per heavy atom. The van der Waals surface area contributed by atoms with Gasteiger partial charge in [-0.1, -0.05) is 32.0 Å². The maximum Gasteiger partial charge on any atom is 0.320 e. The van der Waals surface area contributed by atoms with Crippen molar-refractivity contribution in [1.29, 1.82) is 0 Å². The van der Waals surface area contributed by atoms with Gasteiger partial charge in [0.1, 0.15) is 0 Å². The topological polar surface area (TPSA) is 79.2 Å². The number of aliphatic hydroxyl groups is 1. The second-order valence-corrected chi connectivity index (χ2v) is 5.59. The van der Waals surface area contributed by atoms with Crippen LogP contribution in [0.25, 0.3) is 5.69 Å². The van der Waals surface area contributed by atoms with E-state index in [9.17, 15) is 9.90 Å². The van der Waals surface area contributed by atoms with Crippen molar-refractivity contribution in [2.24, 2.45) is 5.92 Å². The van der Waals surface area contributed by atoms with Crippen LogP contribution in [0.4, 0.5) is 10.6 Å². The highest BCUT2D eigenvalue weighted by Crippen LogP contribution is 2.15. The van der Waals surface area contributed by atoms with E-state index in [2.05, 4.69) is 15.7 Å². The third-order valence-corrected chi connectivity index (χ3v) is 3.39. The van der Waals surface area contributed by atoms with Crippen molar-refractivity contribution in [1.82, 2.24) is 15.1 Å². The molecule has 2 aromatic rings. The number of rotatable bonds is 5. The number of nitrogens with zero attached hydrogens (tertiary/aromatic N) is 2. The minimum atomic E-state index is -0.561. The number of anilines is 1. The van der Waals surface area contributed by atoms with Gasteiger partial charge >= 0.3 is 6.03 Å². The molecule has 1 aromatic heterocycles. The Bertz CT molecular complexity index is 622. The van der Waals surface area contributed by atoms with Gasteiger partial charge in [-0.25, -0.2) is 9.48 Å². The summed E-state index contributed by atoms with van der Waals surface area (Å²) >= 11 is 0. The smallest absolute Gasteiger partial charge is 0.320 e. The summed E-state index contributed by atoms with van der Waals surface area (Å²) in [6.07, 6.45) is 1.29. The van der Waals surface area contributed by atoms with Crippen molar-refractivity contribution in [2.45, 2.75) is 26.9 Å². The van der Waals surface area contributed by atoms with Crippen LogP contribution in [0.1, 0.15) is 19.4 Å². The van der Waals surface area contributed by atoms with Crippen molar-refractivity contribution < 1.29 is 9.90 Å². The zero-order valence-electron chi connectivity index (χ0n) is 13.1. The van der Waals surface area contributed by atoms with Gasteiger partial charge < -0.3 is 10.4 Å². The minimum Gasteiger partial charge on any atom is -0.391 e. The monoisotopic (exact) mass is 302 g/mol. The number of benzene rings is 1. The van der Waals surface area contributed by atoms with Crippen LogP contribution >= 0.6 is 0 Å². The van der Waals surface area contributed by atoms with Crippen LogP contribution in [0.5, 0.6) is 0 Å². The van der Waals surface area contributed by atoms with Gasteiger partial charge in [0.2, 0.25) is 0 Å². The van der Waals surface area contributed by atoms with Crippen molar-refractivity contribution in [3.63, 3.8) is 0 Å². The largest absolute Gasteiger partial charge is 0.391 e. The molecule has 2 amide bonds. The van der Waals surface area contributed by atoms with E-state index in [1.165, 1.54) is 0 Å². The van der Waals surface area contributed by atoms with E-state index in [-0.39, 0.29) is 18.5 Å². The molecule has 0 saturated carbocycles. The Hall–Kier alpha value is -2.34. The Balaban J connectivity index is 1.99. The molecular weight excluding hydrogens is 280 g/mol. The van der Waals surface area contributed by atoms with Gasteiger partial charge in [-0.15, -0.1) is 5.10 Å². The number of hydrogen-bond donors (Lipinski definition) is 3. The van der Waals surface area contributed by atoms with Crippen LogP contribution in [0, 0.1) is 12.8 Å². The number of para-hydroxylation sites is 1. The molecule has 0 saturated heterocycles. The number of aromatic nitrogens is 2. The second kappa shape index (κ2) is 7.09. The average molecular weight is 302 g/mol. The lowest BCUT2D eigenvalue weighted by molar-refractivity contribution is 0.126. The highest BCUT2D eigenvalue weighted by molar-refractivity contribution is 5.88. The van der Waals surface area contributed by atoms with Gasteiger partial charge in [0.15, 0.2) is 5.82 Å². The van der Waals surface area contributed by atoms with Gasteiger partial charge in [0, 0.05) is 18.3 Å². The standard InChI is InChI=1S/C16H22N4O2/c1-11(2)14(21)9-17-16(22)18-15-12(3)10-20(19-15)13-7-5-4-6-8-13/h4-8,10-11,14,21H,9H2,1-3H3,(H2,17,18,19,22). The lowest BCUT2D eigenvalue weighted by Gasteiger charge is -2.15. The summed E-state index contributed by atoms with van der Waals surface area (Å²) in [5.74, 6) is 0.597. The van der Waals surface area contributed by atoms with Crippen LogP contribution in [0.2, 0.25) is 0 Å². The van der Waals surface area contributed by atoms with Crippen LogP contribution in [-0.4, -0.2) is 33.6 Å². The third kappa shape index (κ3) is 4.08. The lowest BCUT2D eigenvalue weighted by atomic mass is 10.1. The molecule has 0 radical (unpaired) electrons. The molecule has 1 atom stereocenters. The molecule has 6 heteroatoms. The molecule has 6 nitrogen and oxygen atoms in total. The SMILES string of the molecule is Cc1cn(-c2ccccc2)nc1NC(=O)NCC(O)C(C)C. The van der Waals surface area contributed by atoms with Gasteiger partial charge in [-0.2, -0.15) is 0 Å². The van der Waals surface area contributed by atoms with Crippen molar-refractivity contribution in [3.05, 3.63) is 42.1 Å². The Kier molecular flexibility index (Phi) is 5.16.